The molecular weight excluding hydrogens is 324 g/mol. The molecule has 6 heteroatoms. The number of halogens is 1. The van der Waals surface area contributed by atoms with Gasteiger partial charge in [0, 0.05) is 52.9 Å². The number of pyridine rings is 4. The highest BCUT2D eigenvalue weighted by Gasteiger charge is 2.14. The third kappa shape index (κ3) is 2.55. The molecule has 4 aromatic heterocycles. The van der Waals surface area contributed by atoms with E-state index in [4.69, 9.17) is 11.6 Å². The minimum atomic E-state index is -0.193. The van der Waals surface area contributed by atoms with Gasteiger partial charge in [-0.1, -0.05) is 11.6 Å². The molecule has 5 nitrogen and oxygen atoms in total. The van der Waals surface area contributed by atoms with Crippen molar-refractivity contribution in [3.63, 3.8) is 0 Å². The molecule has 0 saturated carbocycles. The number of nitrogens with zero attached hydrogens (tertiary/aromatic N) is 3. The van der Waals surface area contributed by atoms with Crippen LogP contribution in [0.25, 0.3) is 33.4 Å². The molecule has 24 heavy (non-hydrogen) atoms. The predicted octanol–water partition coefficient (Wildman–Crippen LogP) is 3.70. The van der Waals surface area contributed by atoms with Crippen LogP contribution in [-0.2, 0) is 0 Å². The Morgan fingerprint density at radius 3 is 2.62 bits per heavy atom. The molecular formula is C18H11ClN4O. The van der Waals surface area contributed by atoms with Crippen molar-refractivity contribution in [3.05, 3.63) is 76.6 Å². The van der Waals surface area contributed by atoms with Crippen LogP contribution < -0.4 is 5.56 Å². The first-order valence-electron chi connectivity index (χ1n) is 7.27. The van der Waals surface area contributed by atoms with E-state index < -0.39 is 0 Å². The molecule has 1 N–H and O–H groups in total. The van der Waals surface area contributed by atoms with Gasteiger partial charge in [-0.3, -0.25) is 14.8 Å². The Labute approximate surface area is 142 Å². The molecule has 116 valence electrons. The number of hydrogen-bond donors (Lipinski definition) is 1. The number of H-pyrrole nitrogens is 1. The summed E-state index contributed by atoms with van der Waals surface area (Å²) in [7, 11) is 0. The van der Waals surface area contributed by atoms with Gasteiger partial charge in [-0.2, -0.15) is 0 Å². The summed E-state index contributed by atoms with van der Waals surface area (Å²) < 4.78 is 0. The minimum Gasteiger partial charge on any atom is -0.307 e. The Morgan fingerprint density at radius 1 is 0.958 bits per heavy atom. The van der Waals surface area contributed by atoms with E-state index in [-0.39, 0.29) is 5.56 Å². The molecule has 0 atom stereocenters. The third-order valence-electron chi connectivity index (χ3n) is 3.71. The van der Waals surface area contributed by atoms with Crippen molar-refractivity contribution in [1.82, 2.24) is 19.9 Å². The van der Waals surface area contributed by atoms with Crippen LogP contribution in [0.2, 0.25) is 5.02 Å². The highest BCUT2D eigenvalue weighted by atomic mass is 35.5. The molecule has 0 amide bonds. The zero-order valence-corrected chi connectivity index (χ0v) is 13.2. The van der Waals surface area contributed by atoms with Gasteiger partial charge in [-0.15, -0.1) is 0 Å². The van der Waals surface area contributed by atoms with Crippen molar-refractivity contribution in [2.45, 2.75) is 0 Å². The summed E-state index contributed by atoms with van der Waals surface area (Å²) in [6.07, 6.45) is 6.71. The van der Waals surface area contributed by atoms with Crippen LogP contribution in [0.15, 0.2) is 66.0 Å². The molecule has 4 heterocycles. The van der Waals surface area contributed by atoms with Gasteiger partial charge in [0.05, 0.1) is 10.7 Å². The van der Waals surface area contributed by atoms with Crippen LogP contribution in [0.5, 0.6) is 0 Å². The Morgan fingerprint density at radius 2 is 1.83 bits per heavy atom. The van der Waals surface area contributed by atoms with E-state index in [1.807, 2.05) is 24.3 Å². The molecule has 0 aliphatic heterocycles. The number of fused-ring (bicyclic) bond motifs is 1. The zero-order valence-electron chi connectivity index (χ0n) is 12.4. The average molecular weight is 335 g/mol. The lowest BCUT2D eigenvalue weighted by atomic mass is 10.00. The molecule has 0 aliphatic rings. The van der Waals surface area contributed by atoms with Crippen LogP contribution >= 0.6 is 11.6 Å². The summed E-state index contributed by atoms with van der Waals surface area (Å²) in [6.45, 7) is 0. The van der Waals surface area contributed by atoms with Gasteiger partial charge < -0.3 is 4.98 Å². The number of hydrogen-bond acceptors (Lipinski definition) is 4. The van der Waals surface area contributed by atoms with Crippen molar-refractivity contribution < 1.29 is 0 Å². The van der Waals surface area contributed by atoms with Crippen LogP contribution in [0, 0.1) is 0 Å². The molecule has 0 aliphatic carbocycles. The maximum absolute atomic E-state index is 11.6. The molecule has 0 spiro atoms. The van der Waals surface area contributed by atoms with Crippen molar-refractivity contribution in [2.24, 2.45) is 0 Å². The fraction of sp³-hybridized carbons (Fsp3) is 0. The van der Waals surface area contributed by atoms with Gasteiger partial charge in [-0.05, 0) is 30.3 Å². The smallest absolute Gasteiger partial charge is 0.249 e. The average Bonchev–Trinajstić information content (AvgIpc) is 2.62. The summed E-state index contributed by atoms with van der Waals surface area (Å²) >= 11 is 6.33. The van der Waals surface area contributed by atoms with Gasteiger partial charge in [0.1, 0.15) is 5.65 Å². The first-order valence-corrected chi connectivity index (χ1v) is 7.64. The summed E-state index contributed by atoms with van der Waals surface area (Å²) in [5.74, 6) is 0. The second-order valence-corrected chi connectivity index (χ2v) is 5.65. The highest BCUT2D eigenvalue weighted by Crippen LogP contribution is 2.35. The van der Waals surface area contributed by atoms with E-state index in [1.165, 1.54) is 6.07 Å². The van der Waals surface area contributed by atoms with E-state index in [2.05, 4.69) is 19.9 Å². The SMILES string of the molecule is O=c1ccc2cc(-c3ccncc3Cl)c(-c3cccnc3)nc2[nH]1. The maximum atomic E-state index is 11.6. The lowest BCUT2D eigenvalue weighted by molar-refractivity contribution is 1.22. The van der Waals surface area contributed by atoms with Gasteiger partial charge in [-0.25, -0.2) is 4.98 Å². The zero-order chi connectivity index (χ0) is 16.5. The third-order valence-corrected chi connectivity index (χ3v) is 4.01. The van der Waals surface area contributed by atoms with Crippen LogP contribution in [0.1, 0.15) is 0 Å². The van der Waals surface area contributed by atoms with E-state index in [1.54, 1.807) is 30.9 Å². The first-order chi connectivity index (χ1) is 11.7. The molecule has 0 saturated heterocycles. The summed E-state index contributed by atoms with van der Waals surface area (Å²) in [4.78, 5) is 27.2. The van der Waals surface area contributed by atoms with Crippen LogP contribution in [-0.4, -0.2) is 19.9 Å². The van der Waals surface area contributed by atoms with E-state index in [0.717, 1.165) is 22.1 Å². The molecule has 0 radical (unpaired) electrons. The van der Waals surface area contributed by atoms with Crippen molar-refractivity contribution in [3.8, 4) is 22.4 Å². The summed E-state index contributed by atoms with van der Waals surface area (Å²) in [5.41, 5.74) is 3.55. The first kappa shape index (κ1) is 14.5. The monoisotopic (exact) mass is 334 g/mol. The van der Waals surface area contributed by atoms with E-state index in [0.29, 0.717) is 16.4 Å². The standard InChI is InChI=1S/C18H11ClN4O/c19-15-10-21-7-5-13(15)14-8-11-3-4-16(24)22-18(11)23-17(14)12-2-1-6-20-9-12/h1-10H,(H,22,23,24). The molecule has 0 unspecified atom stereocenters. The van der Waals surface area contributed by atoms with Crippen molar-refractivity contribution in [1.29, 1.82) is 0 Å². The Kier molecular flexibility index (Phi) is 3.55. The fourth-order valence-corrected chi connectivity index (χ4v) is 2.82. The summed E-state index contributed by atoms with van der Waals surface area (Å²) in [6, 6.07) is 10.8. The van der Waals surface area contributed by atoms with Gasteiger partial charge in [0.15, 0.2) is 0 Å². The molecule has 4 aromatic rings. The van der Waals surface area contributed by atoms with Crippen LogP contribution in [0.3, 0.4) is 0 Å². The Bertz CT molecular complexity index is 1090. The topological polar surface area (TPSA) is 71.5 Å². The van der Waals surface area contributed by atoms with E-state index in [9.17, 15) is 4.79 Å². The largest absolute Gasteiger partial charge is 0.307 e. The summed E-state index contributed by atoms with van der Waals surface area (Å²) in [5, 5.41) is 1.36. The fourth-order valence-electron chi connectivity index (χ4n) is 2.60. The Balaban J connectivity index is 2.09. The van der Waals surface area contributed by atoms with Crippen LogP contribution in [0.4, 0.5) is 0 Å². The second-order valence-electron chi connectivity index (χ2n) is 5.24. The molecule has 0 bridgehead atoms. The minimum absolute atomic E-state index is 0.193. The molecule has 0 aromatic carbocycles. The Hall–Kier alpha value is -3.05. The van der Waals surface area contributed by atoms with Gasteiger partial charge in [0.25, 0.3) is 0 Å². The maximum Gasteiger partial charge on any atom is 0.249 e. The van der Waals surface area contributed by atoms with Gasteiger partial charge >= 0.3 is 0 Å². The molecule has 4 rings (SSSR count). The number of rotatable bonds is 2. The quantitative estimate of drug-likeness (QED) is 0.606. The normalized spacial score (nSPS) is 10.9. The van der Waals surface area contributed by atoms with Crippen molar-refractivity contribution in [2.75, 3.05) is 0 Å². The predicted molar refractivity (Wildman–Crippen MR) is 93.8 cm³/mol. The number of aromatic amines is 1. The highest BCUT2D eigenvalue weighted by molar-refractivity contribution is 6.33. The number of aromatic nitrogens is 4. The van der Waals surface area contributed by atoms with E-state index >= 15 is 0 Å². The second kappa shape index (κ2) is 5.86. The lowest BCUT2D eigenvalue weighted by Gasteiger charge is -2.12. The lowest BCUT2D eigenvalue weighted by Crippen LogP contribution is -2.04. The van der Waals surface area contributed by atoms with Gasteiger partial charge in [0.2, 0.25) is 5.56 Å². The number of nitrogens with one attached hydrogen (secondary N) is 1. The molecule has 0 fully saturated rings. The van der Waals surface area contributed by atoms with Crippen molar-refractivity contribution >= 4 is 22.6 Å².